The summed E-state index contributed by atoms with van der Waals surface area (Å²) in [6, 6.07) is 5.39. The van der Waals surface area contributed by atoms with E-state index in [1.807, 2.05) is 18.2 Å². The van der Waals surface area contributed by atoms with Crippen LogP contribution in [0.1, 0.15) is 26.2 Å². The summed E-state index contributed by atoms with van der Waals surface area (Å²) in [6.45, 7) is 2.90. The Morgan fingerprint density at radius 3 is 2.92 bits per heavy atom. The van der Waals surface area contributed by atoms with Gasteiger partial charge in [0.05, 0.1) is 16.8 Å². The van der Waals surface area contributed by atoms with Crippen LogP contribution in [-0.4, -0.2) is 33.3 Å². The molecule has 0 bridgehead atoms. The second-order valence-corrected chi connectivity index (χ2v) is 7.14. The van der Waals surface area contributed by atoms with Crippen molar-refractivity contribution in [2.24, 2.45) is 0 Å². The van der Waals surface area contributed by atoms with Crippen LogP contribution in [0.4, 0.5) is 4.79 Å². The van der Waals surface area contributed by atoms with E-state index in [-0.39, 0.29) is 17.7 Å². The molecule has 0 atom stereocenters. The Labute approximate surface area is 149 Å². The maximum absolute atomic E-state index is 11.9. The summed E-state index contributed by atoms with van der Waals surface area (Å²) in [5.74, 6) is -0.190. The Bertz CT molecular complexity index is 773. The third-order valence-corrected chi connectivity index (χ3v) is 4.83. The summed E-state index contributed by atoms with van der Waals surface area (Å²) < 4.78 is 2.08. The molecule has 1 fully saturated rings. The van der Waals surface area contributed by atoms with E-state index in [0.29, 0.717) is 5.02 Å². The van der Waals surface area contributed by atoms with E-state index in [1.54, 1.807) is 0 Å². The molecule has 24 heavy (non-hydrogen) atoms. The number of thioether (sulfide) groups is 1. The average Bonchev–Trinajstić information content (AvgIpc) is 3.27. The zero-order chi connectivity index (χ0) is 17.1. The van der Waals surface area contributed by atoms with Gasteiger partial charge in [-0.2, -0.15) is 0 Å². The molecule has 3 rings (SSSR count). The summed E-state index contributed by atoms with van der Waals surface area (Å²) in [6.07, 6.45) is 2.93. The molecule has 128 valence electrons. The van der Waals surface area contributed by atoms with E-state index >= 15 is 0 Å². The van der Waals surface area contributed by atoms with E-state index < -0.39 is 6.03 Å². The highest BCUT2D eigenvalue weighted by molar-refractivity contribution is 7.99. The van der Waals surface area contributed by atoms with Crippen molar-refractivity contribution in [1.29, 1.82) is 0 Å². The summed E-state index contributed by atoms with van der Waals surface area (Å²) in [5, 5.41) is 6.46. The van der Waals surface area contributed by atoms with Gasteiger partial charge in [-0.1, -0.05) is 30.3 Å². The van der Waals surface area contributed by atoms with E-state index in [4.69, 9.17) is 11.6 Å². The number of aromatic nitrogens is 2. The fraction of sp³-hybridized carbons (Fsp3) is 0.438. The molecule has 0 spiro atoms. The number of hydrogen-bond acceptors (Lipinski definition) is 4. The number of benzene rings is 1. The summed E-state index contributed by atoms with van der Waals surface area (Å²) in [7, 11) is 0. The molecular formula is C16H19ClN4O2S. The van der Waals surface area contributed by atoms with Crippen molar-refractivity contribution in [1.82, 2.24) is 20.2 Å². The number of imidazole rings is 1. The standard InChI is InChI=1S/C16H19ClN4O2S/c1-2-7-21-13-6-3-10(17)8-12(13)19-16(21)24-9-14(22)20-15(23)18-11-4-5-11/h3,6,8,11H,2,4-5,7,9H2,1H3,(H2,18,20,22,23). The summed E-state index contributed by atoms with van der Waals surface area (Å²) in [5.41, 5.74) is 1.81. The largest absolute Gasteiger partial charge is 0.335 e. The fourth-order valence-electron chi connectivity index (χ4n) is 2.37. The molecule has 0 unspecified atom stereocenters. The van der Waals surface area contributed by atoms with Crippen LogP contribution in [0, 0.1) is 0 Å². The first-order chi connectivity index (χ1) is 11.6. The fourth-order valence-corrected chi connectivity index (χ4v) is 3.38. The minimum absolute atomic E-state index is 0.138. The molecule has 0 saturated heterocycles. The minimum atomic E-state index is -0.419. The van der Waals surface area contributed by atoms with E-state index in [0.717, 1.165) is 42.0 Å². The van der Waals surface area contributed by atoms with Gasteiger partial charge in [0.25, 0.3) is 0 Å². The van der Waals surface area contributed by atoms with Crippen LogP contribution < -0.4 is 10.6 Å². The predicted octanol–water partition coefficient (Wildman–Crippen LogP) is 3.18. The lowest BCUT2D eigenvalue weighted by Gasteiger charge is -2.08. The number of urea groups is 1. The van der Waals surface area contributed by atoms with Gasteiger partial charge in [0.1, 0.15) is 0 Å². The van der Waals surface area contributed by atoms with Gasteiger partial charge in [0.2, 0.25) is 5.91 Å². The maximum atomic E-state index is 11.9. The van der Waals surface area contributed by atoms with Crippen molar-refractivity contribution >= 4 is 46.3 Å². The Balaban J connectivity index is 1.66. The second-order valence-electron chi connectivity index (χ2n) is 5.76. The molecule has 2 aromatic rings. The number of rotatable bonds is 6. The number of nitrogens with zero attached hydrogens (tertiary/aromatic N) is 2. The monoisotopic (exact) mass is 366 g/mol. The zero-order valence-corrected chi connectivity index (χ0v) is 14.9. The maximum Gasteiger partial charge on any atom is 0.321 e. The van der Waals surface area contributed by atoms with Gasteiger partial charge in [-0.3, -0.25) is 10.1 Å². The van der Waals surface area contributed by atoms with Crippen molar-refractivity contribution < 1.29 is 9.59 Å². The molecule has 1 aromatic carbocycles. The van der Waals surface area contributed by atoms with Crippen molar-refractivity contribution in [2.45, 2.75) is 43.9 Å². The van der Waals surface area contributed by atoms with Gasteiger partial charge in [-0.05, 0) is 37.5 Å². The predicted molar refractivity (Wildman–Crippen MR) is 95.5 cm³/mol. The van der Waals surface area contributed by atoms with Crippen LogP contribution in [0.3, 0.4) is 0 Å². The Kier molecular flexibility index (Phi) is 5.30. The van der Waals surface area contributed by atoms with Crippen LogP contribution in [-0.2, 0) is 11.3 Å². The van der Waals surface area contributed by atoms with Gasteiger partial charge in [0.15, 0.2) is 5.16 Å². The number of carbonyl (C=O) groups is 2. The van der Waals surface area contributed by atoms with E-state index in [2.05, 4.69) is 27.1 Å². The van der Waals surface area contributed by atoms with Gasteiger partial charge < -0.3 is 9.88 Å². The molecule has 1 heterocycles. The lowest BCUT2D eigenvalue weighted by Crippen LogP contribution is -2.41. The molecule has 1 aliphatic rings. The van der Waals surface area contributed by atoms with Crippen LogP contribution in [0.2, 0.25) is 5.02 Å². The zero-order valence-electron chi connectivity index (χ0n) is 13.3. The second kappa shape index (κ2) is 7.44. The first-order valence-electron chi connectivity index (χ1n) is 7.95. The molecule has 2 N–H and O–H groups in total. The lowest BCUT2D eigenvalue weighted by molar-refractivity contribution is -0.117. The van der Waals surface area contributed by atoms with Gasteiger partial charge in [-0.25, -0.2) is 9.78 Å². The number of carbonyl (C=O) groups excluding carboxylic acids is 2. The molecule has 0 aliphatic heterocycles. The van der Waals surface area contributed by atoms with Gasteiger partial charge >= 0.3 is 6.03 Å². The lowest BCUT2D eigenvalue weighted by atomic mass is 10.3. The summed E-state index contributed by atoms with van der Waals surface area (Å²) >= 11 is 7.34. The number of nitrogens with one attached hydrogen (secondary N) is 2. The quantitative estimate of drug-likeness (QED) is 0.770. The first kappa shape index (κ1) is 17.1. The minimum Gasteiger partial charge on any atom is -0.335 e. The molecule has 1 aromatic heterocycles. The van der Waals surface area contributed by atoms with Crippen LogP contribution >= 0.6 is 23.4 Å². The van der Waals surface area contributed by atoms with Crippen molar-refractivity contribution in [3.63, 3.8) is 0 Å². The van der Waals surface area contributed by atoms with Crippen LogP contribution in [0.5, 0.6) is 0 Å². The Morgan fingerprint density at radius 2 is 2.21 bits per heavy atom. The molecule has 0 radical (unpaired) electrons. The Morgan fingerprint density at radius 1 is 1.42 bits per heavy atom. The third-order valence-electron chi connectivity index (χ3n) is 3.62. The molecule has 6 nitrogen and oxygen atoms in total. The highest BCUT2D eigenvalue weighted by Gasteiger charge is 2.24. The number of imide groups is 1. The average molecular weight is 367 g/mol. The SMILES string of the molecule is CCCn1c(SCC(=O)NC(=O)NC2CC2)nc2cc(Cl)ccc21. The number of hydrogen-bond donors (Lipinski definition) is 2. The molecule has 1 saturated carbocycles. The van der Waals surface area contributed by atoms with Gasteiger partial charge in [-0.15, -0.1) is 0 Å². The third kappa shape index (κ3) is 4.21. The van der Waals surface area contributed by atoms with E-state index in [9.17, 15) is 9.59 Å². The molecule has 8 heteroatoms. The topological polar surface area (TPSA) is 76.0 Å². The van der Waals surface area contributed by atoms with E-state index in [1.165, 1.54) is 11.8 Å². The molecule has 3 amide bonds. The molecule has 1 aliphatic carbocycles. The highest BCUT2D eigenvalue weighted by Crippen LogP contribution is 2.26. The van der Waals surface area contributed by atoms with Gasteiger partial charge in [0, 0.05) is 17.6 Å². The van der Waals surface area contributed by atoms with Crippen molar-refractivity contribution in [3.05, 3.63) is 23.2 Å². The van der Waals surface area contributed by atoms with Crippen LogP contribution in [0.15, 0.2) is 23.4 Å². The number of amides is 3. The highest BCUT2D eigenvalue weighted by atomic mass is 35.5. The number of halogens is 1. The number of aryl methyl sites for hydroxylation is 1. The van der Waals surface area contributed by atoms with Crippen molar-refractivity contribution in [2.75, 3.05) is 5.75 Å². The summed E-state index contributed by atoms with van der Waals surface area (Å²) in [4.78, 5) is 28.1. The smallest absolute Gasteiger partial charge is 0.321 e. The van der Waals surface area contributed by atoms with Crippen LogP contribution in [0.25, 0.3) is 11.0 Å². The first-order valence-corrected chi connectivity index (χ1v) is 9.32. The Hall–Kier alpha value is -1.73. The normalized spacial score (nSPS) is 13.9. The molecular weight excluding hydrogens is 348 g/mol. The number of fused-ring (bicyclic) bond motifs is 1. The van der Waals surface area contributed by atoms with Crippen molar-refractivity contribution in [3.8, 4) is 0 Å².